The second-order valence-corrected chi connectivity index (χ2v) is 3.32. The summed E-state index contributed by atoms with van der Waals surface area (Å²) in [7, 11) is 0. The minimum absolute atomic E-state index is 0.0394. The molecule has 1 rings (SSSR count). The van der Waals surface area contributed by atoms with Crippen LogP contribution in [-0.4, -0.2) is 24.8 Å². The summed E-state index contributed by atoms with van der Waals surface area (Å²) in [6.45, 7) is 8.26. The normalized spacial score (nSPS) is 34.3. The molecule has 1 unspecified atom stereocenters. The molecule has 2 nitrogen and oxygen atoms in total. The lowest BCUT2D eigenvalue weighted by Gasteiger charge is -2.34. The standard InChI is InChI=1S/C7H15NO/c1-6-4-8-5-7(2,3)9-6/h6,8H,4-5H2,1-3H3. The van der Waals surface area contributed by atoms with E-state index in [1.807, 2.05) is 0 Å². The largest absolute Gasteiger partial charge is 0.370 e. The fraction of sp³-hybridized carbons (Fsp3) is 1.00. The number of hydrogen-bond acceptors (Lipinski definition) is 2. The molecular formula is C7H15NO. The van der Waals surface area contributed by atoms with Gasteiger partial charge in [-0.05, 0) is 20.8 Å². The van der Waals surface area contributed by atoms with Crippen molar-refractivity contribution in [3.63, 3.8) is 0 Å². The Morgan fingerprint density at radius 2 is 2.22 bits per heavy atom. The minimum atomic E-state index is 0.0394. The van der Waals surface area contributed by atoms with Crippen LogP contribution in [0.3, 0.4) is 0 Å². The van der Waals surface area contributed by atoms with E-state index in [0.29, 0.717) is 6.10 Å². The van der Waals surface area contributed by atoms with Crippen LogP contribution in [-0.2, 0) is 4.74 Å². The molecule has 0 aromatic heterocycles. The van der Waals surface area contributed by atoms with Crippen molar-refractivity contribution in [3.05, 3.63) is 0 Å². The van der Waals surface area contributed by atoms with Crippen molar-refractivity contribution in [2.75, 3.05) is 13.1 Å². The average molecular weight is 129 g/mol. The van der Waals surface area contributed by atoms with Gasteiger partial charge in [-0.2, -0.15) is 0 Å². The molecule has 1 heterocycles. The van der Waals surface area contributed by atoms with Gasteiger partial charge in [-0.25, -0.2) is 0 Å². The Morgan fingerprint density at radius 1 is 1.56 bits per heavy atom. The van der Waals surface area contributed by atoms with Gasteiger partial charge < -0.3 is 10.1 Å². The highest BCUT2D eigenvalue weighted by molar-refractivity contribution is 4.78. The second-order valence-electron chi connectivity index (χ2n) is 3.32. The van der Waals surface area contributed by atoms with Gasteiger partial charge in [0.05, 0.1) is 11.7 Å². The van der Waals surface area contributed by atoms with Gasteiger partial charge in [-0.15, -0.1) is 0 Å². The third kappa shape index (κ3) is 1.95. The quantitative estimate of drug-likeness (QED) is 0.521. The second kappa shape index (κ2) is 2.27. The van der Waals surface area contributed by atoms with Crippen molar-refractivity contribution in [2.45, 2.75) is 32.5 Å². The lowest BCUT2D eigenvalue weighted by Crippen LogP contribution is -2.49. The summed E-state index contributed by atoms with van der Waals surface area (Å²) in [4.78, 5) is 0. The molecule has 0 bridgehead atoms. The van der Waals surface area contributed by atoms with Crippen LogP contribution < -0.4 is 5.32 Å². The molecule has 0 aliphatic carbocycles. The molecule has 1 saturated heterocycles. The Morgan fingerprint density at radius 3 is 2.56 bits per heavy atom. The molecule has 54 valence electrons. The number of ether oxygens (including phenoxy) is 1. The van der Waals surface area contributed by atoms with Crippen LogP contribution >= 0.6 is 0 Å². The molecule has 0 aromatic rings. The van der Waals surface area contributed by atoms with E-state index in [2.05, 4.69) is 26.1 Å². The van der Waals surface area contributed by atoms with Crippen LogP contribution in [0.4, 0.5) is 0 Å². The van der Waals surface area contributed by atoms with Crippen LogP contribution in [0.15, 0.2) is 0 Å². The van der Waals surface area contributed by atoms with Crippen LogP contribution in [0.25, 0.3) is 0 Å². The van der Waals surface area contributed by atoms with Crippen LogP contribution in [0.5, 0.6) is 0 Å². The highest BCUT2D eigenvalue weighted by Gasteiger charge is 2.25. The van der Waals surface area contributed by atoms with Crippen molar-refractivity contribution in [1.82, 2.24) is 5.32 Å². The smallest absolute Gasteiger partial charge is 0.0754 e. The zero-order valence-corrected chi connectivity index (χ0v) is 6.40. The predicted octanol–water partition coefficient (Wildman–Crippen LogP) is 0.773. The van der Waals surface area contributed by atoms with Crippen molar-refractivity contribution < 1.29 is 4.74 Å². The van der Waals surface area contributed by atoms with E-state index in [-0.39, 0.29) is 5.60 Å². The molecule has 1 fully saturated rings. The molecule has 0 radical (unpaired) electrons. The summed E-state index contributed by atoms with van der Waals surface area (Å²) in [5, 5.41) is 3.30. The third-order valence-corrected chi connectivity index (χ3v) is 1.50. The van der Waals surface area contributed by atoms with Gasteiger partial charge >= 0.3 is 0 Å². The fourth-order valence-corrected chi connectivity index (χ4v) is 1.20. The topological polar surface area (TPSA) is 21.3 Å². The molecule has 0 saturated carbocycles. The van der Waals surface area contributed by atoms with E-state index >= 15 is 0 Å². The molecule has 1 N–H and O–H groups in total. The summed E-state index contributed by atoms with van der Waals surface area (Å²) >= 11 is 0. The van der Waals surface area contributed by atoms with Gasteiger partial charge in [0.2, 0.25) is 0 Å². The molecule has 0 aromatic carbocycles. The van der Waals surface area contributed by atoms with Gasteiger partial charge in [0.25, 0.3) is 0 Å². The first-order valence-corrected chi connectivity index (χ1v) is 3.49. The Hall–Kier alpha value is -0.0800. The maximum absolute atomic E-state index is 5.61. The zero-order chi connectivity index (χ0) is 6.91. The van der Waals surface area contributed by atoms with Gasteiger partial charge in [0.1, 0.15) is 0 Å². The zero-order valence-electron chi connectivity index (χ0n) is 6.40. The van der Waals surface area contributed by atoms with Crippen molar-refractivity contribution in [3.8, 4) is 0 Å². The Kier molecular flexibility index (Phi) is 1.78. The number of nitrogens with one attached hydrogen (secondary N) is 1. The third-order valence-electron chi connectivity index (χ3n) is 1.50. The van der Waals surface area contributed by atoms with E-state index in [1.165, 1.54) is 0 Å². The first-order chi connectivity index (χ1) is 4.10. The van der Waals surface area contributed by atoms with Gasteiger partial charge in [-0.3, -0.25) is 0 Å². The molecule has 1 atom stereocenters. The SMILES string of the molecule is CC1CNCC(C)(C)O1. The first-order valence-electron chi connectivity index (χ1n) is 3.49. The van der Waals surface area contributed by atoms with Gasteiger partial charge in [0, 0.05) is 13.1 Å². The molecular weight excluding hydrogens is 114 g/mol. The van der Waals surface area contributed by atoms with Gasteiger partial charge in [0.15, 0.2) is 0 Å². The summed E-state index contributed by atoms with van der Waals surface area (Å²) in [6, 6.07) is 0. The molecule has 0 amide bonds. The van der Waals surface area contributed by atoms with E-state index in [9.17, 15) is 0 Å². The molecule has 0 spiro atoms. The Bertz CT molecular complexity index is 101. The monoisotopic (exact) mass is 129 g/mol. The summed E-state index contributed by atoms with van der Waals surface area (Å²) in [6.07, 6.45) is 0.369. The highest BCUT2D eigenvalue weighted by atomic mass is 16.5. The van der Waals surface area contributed by atoms with E-state index < -0.39 is 0 Å². The van der Waals surface area contributed by atoms with Gasteiger partial charge in [-0.1, -0.05) is 0 Å². The van der Waals surface area contributed by atoms with E-state index in [4.69, 9.17) is 4.74 Å². The molecule has 1 aliphatic rings. The van der Waals surface area contributed by atoms with Crippen molar-refractivity contribution >= 4 is 0 Å². The molecule has 2 heteroatoms. The number of morpholine rings is 1. The highest BCUT2D eigenvalue weighted by Crippen LogP contribution is 2.13. The van der Waals surface area contributed by atoms with E-state index in [0.717, 1.165) is 13.1 Å². The Labute approximate surface area is 56.6 Å². The number of rotatable bonds is 0. The first kappa shape index (κ1) is 7.03. The fourth-order valence-electron chi connectivity index (χ4n) is 1.20. The Balaban J connectivity index is 2.41. The average Bonchev–Trinajstić information content (AvgIpc) is 1.60. The van der Waals surface area contributed by atoms with E-state index in [1.54, 1.807) is 0 Å². The number of hydrogen-bond donors (Lipinski definition) is 1. The maximum atomic E-state index is 5.61. The summed E-state index contributed by atoms with van der Waals surface area (Å²) < 4.78 is 5.61. The lowest BCUT2D eigenvalue weighted by molar-refractivity contribution is -0.0853. The lowest BCUT2D eigenvalue weighted by atomic mass is 10.1. The van der Waals surface area contributed by atoms with Crippen LogP contribution in [0.1, 0.15) is 20.8 Å². The molecule has 9 heavy (non-hydrogen) atoms. The maximum Gasteiger partial charge on any atom is 0.0754 e. The summed E-state index contributed by atoms with van der Waals surface area (Å²) in [5.74, 6) is 0. The van der Waals surface area contributed by atoms with Crippen molar-refractivity contribution in [1.29, 1.82) is 0 Å². The summed E-state index contributed by atoms with van der Waals surface area (Å²) in [5.41, 5.74) is 0.0394. The van der Waals surface area contributed by atoms with Crippen molar-refractivity contribution in [2.24, 2.45) is 0 Å². The molecule has 1 aliphatic heterocycles. The van der Waals surface area contributed by atoms with Crippen LogP contribution in [0, 0.1) is 0 Å². The predicted molar refractivity (Wildman–Crippen MR) is 37.5 cm³/mol. The van der Waals surface area contributed by atoms with Crippen LogP contribution in [0.2, 0.25) is 0 Å². The minimum Gasteiger partial charge on any atom is -0.370 e.